The minimum atomic E-state index is 0.153. The summed E-state index contributed by atoms with van der Waals surface area (Å²) < 4.78 is 1.05. The quantitative estimate of drug-likeness (QED) is 0.809. The van der Waals surface area contributed by atoms with Gasteiger partial charge in [-0.1, -0.05) is 34.1 Å². The minimum absolute atomic E-state index is 0.153. The molecule has 0 N–H and O–H groups in total. The van der Waals surface area contributed by atoms with Crippen LogP contribution in [-0.4, -0.2) is 31.3 Å². The van der Waals surface area contributed by atoms with Crippen molar-refractivity contribution in [1.82, 2.24) is 4.90 Å². The van der Waals surface area contributed by atoms with E-state index in [-0.39, 0.29) is 5.78 Å². The van der Waals surface area contributed by atoms with Gasteiger partial charge in [-0.15, -0.1) is 0 Å². The Balaban J connectivity index is 2.38. The van der Waals surface area contributed by atoms with Gasteiger partial charge in [-0.25, -0.2) is 0 Å². The highest BCUT2D eigenvalue weighted by molar-refractivity contribution is 9.10. The van der Waals surface area contributed by atoms with Crippen LogP contribution in [0.4, 0.5) is 0 Å². The summed E-state index contributed by atoms with van der Waals surface area (Å²) >= 11 is 3.44. The van der Waals surface area contributed by atoms with Gasteiger partial charge in [0.25, 0.3) is 0 Å². The monoisotopic (exact) mass is 291 g/mol. The number of Topliss-reactive ketones (excluding diaryl/α,β-unsaturated/α-hetero) is 1. The molecule has 2 rings (SSSR count). The second-order valence-electron chi connectivity index (χ2n) is 4.37. The zero-order valence-corrected chi connectivity index (χ0v) is 11.5. The predicted molar refractivity (Wildman–Crippen MR) is 74.5 cm³/mol. The molecule has 2 aromatic carbocycles. The van der Waals surface area contributed by atoms with Gasteiger partial charge < -0.3 is 4.90 Å². The molecule has 0 saturated heterocycles. The molecule has 17 heavy (non-hydrogen) atoms. The molecule has 0 aliphatic rings. The molecule has 0 unspecified atom stereocenters. The average molecular weight is 292 g/mol. The van der Waals surface area contributed by atoms with E-state index in [0.717, 1.165) is 20.8 Å². The molecule has 3 heteroatoms. The van der Waals surface area contributed by atoms with E-state index in [9.17, 15) is 4.79 Å². The summed E-state index contributed by atoms with van der Waals surface area (Å²) in [6.07, 6.45) is 0. The third-order valence-corrected chi connectivity index (χ3v) is 3.08. The maximum absolute atomic E-state index is 11.9. The number of benzene rings is 2. The number of carbonyl (C=O) groups is 1. The van der Waals surface area contributed by atoms with Gasteiger partial charge >= 0.3 is 0 Å². The Bertz CT molecular complexity index is 563. The first-order valence-corrected chi connectivity index (χ1v) is 6.23. The maximum Gasteiger partial charge on any atom is 0.176 e. The van der Waals surface area contributed by atoms with Gasteiger partial charge in [0.2, 0.25) is 0 Å². The molecule has 0 bridgehead atoms. The molecule has 0 spiro atoms. The lowest BCUT2D eigenvalue weighted by Crippen LogP contribution is -2.21. The fraction of sp³-hybridized carbons (Fsp3) is 0.214. The molecule has 0 radical (unpaired) electrons. The lowest BCUT2D eigenvalue weighted by atomic mass is 10.0. The van der Waals surface area contributed by atoms with Crippen LogP contribution in [-0.2, 0) is 0 Å². The van der Waals surface area contributed by atoms with Crippen LogP contribution in [0.2, 0.25) is 0 Å². The number of hydrogen-bond donors (Lipinski definition) is 0. The minimum Gasteiger partial charge on any atom is -0.302 e. The van der Waals surface area contributed by atoms with Gasteiger partial charge in [0.15, 0.2) is 5.78 Å². The number of halogens is 1. The number of carbonyl (C=O) groups excluding carboxylic acids is 1. The zero-order chi connectivity index (χ0) is 12.4. The molecule has 0 aromatic heterocycles. The zero-order valence-electron chi connectivity index (χ0n) is 9.90. The van der Waals surface area contributed by atoms with Crippen LogP contribution in [0, 0.1) is 0 Å². The van der Waals surface area contributed by atoms with Gasteiger partial charge in [-0.3, -0.25) is 4.79 Å². The van der Waals surface area contributed by atoms with E-state index in [0.29, 0.717) is 6.54 Å². The highest BCUT2D eigenvalue weighted by Crippen LogP contribution is 2.21. The predicted octanol–water partition coefficient (Wildman–Crippen LogP) is 3.35. The molecule has 88 valence electrons. The van der Waals surface area contributed by atoms with Gasteiger partial charge in [0, 0.05) is 10.0 Å². The third-order valence-electron chi connectivity index (χ3n) is 2.58. The SMILES string of the molecule is CN(C)CC(=O)c1ccc2cc(Br)ccc2c1. The number of likely N-dealkylation sites (N-methyl/N-ethyl adjacent to an activating group) is 1. The third kappa shape index (κ3) is 2.93. The fourth-order valence-electron chi connectivity index (χ4n) is 1.77. The smallest absolute Gasteiger partial charge is 0.176 e. The van der Waals surface area contributed by atoms with Crippen LogP contribution in [0.15, 0.2) is 40.9 Å². The van der Waals surface area contributed by atoms with Crippen molar-refractivity contribution < 1.29 is 4.79 Å². The van der Waals surface area contributed by atoms with Gasteiger partial charge in [0.1, 0.15) is 0 Å². The second kappa shape index (κ2) is 4.98. The van der Waals surface area contributed by atoms with Crippen molar-refractivity contribution in [1.29, 1.82) is 0 Å². The first-order valence-electron chi connectivity index (χ1n) is 5.43. The number of rotatable bonds is 3. The first-order chi connectivity index (χ1) is 8.06. The standard InChI is InChI=1S/C14H14BrNO/c1-16(2)9-14(17)12-4-3-11-8-13(15)6-5-10(11)7-12/h3-8H,9H2,1-2H3. The largest absolute Gasteiger partial charge is 0.302 e. The molecule has 0 saturated carbocycles. The molecule has 0 amide bonds. The lowest BCUT2D eigenvalue weighted by molar-refractivity contribution is 0.0958. The lowest BCUT2D eigenvalue weighted by Gasteiger charge is -2.09. The molecule has 0 fully saturated rings. The van der Waals surface area contributed by atoms with Crippen LogP contribution in [0.5, 0.6) is 0 Å². The van der Waals surface area contributed by atoms with E-state index in [4.69, 9.17) is 0 Å². The molecule has 0 aliphatic carbocycles. The average Bonchev–Trinajstić information content (AvgIpc) is 2.27. The fourth-order valence-corrected chi connectivity index (χ4v) is 2.15. The first kappa shape index (κ1) is 12.3. The molecule has 0 aliphatic heterocycles. The van der Waals surface area contributed by atoms with Crippen LogP contribution in [0.1, 0.15) is 10.4 Å². The van der Waals surface area contributed by atoms with Crippen LogP contribution in [0.25, 0.3) is 10.8 Å². The van der Waals surface area contributed by atoms with Crippen molar-refractivity contribution in [3.05, 3.63) is 46.4 Å². The van der Waals surface area contributed by atoms with E-state index < -0.39 is 0 Å². The van der Waals surface area contributed by atoms with Crippen LogP contribution >= 0.6 is 15.9 Å². The van der Waals surface area contributed by atoms with Gasteiger partial charge in [0.05, 0.1) is 6.54 Å². The molecule has 0 atom stereocenters. The van der Waals surface area contributed by atoms with Gasteiger partial charge in [-0.2, -0.15) is 0 Å². The normalized spacial score (nSPS) is 11.1. The van der Waals surface area contributed by atoms with E-state index in [1.165, 1.54) is 0 Å². The van der Waals surface area contributed by atoms with Crippen LogP contribution < -0.4 is 0 Å². The van der Waals surface area contributed by atoms with E-state index in [1.807, 2.05) is 49.3 Å². The van der Waals surface area contributed by atoms with E-state index >= 15 is 0 Å². The van der Waals surface area contributed by atoms with Crippen molar-refractivity contribution in [2.24, 2.45) is 0 Å². The topological polar surface area (TPSA) is 20.3 Å². The number of hydrogen-bond acceptors (Lipinski definition) is 2. The number of fused-ring (bicyclic) bond motifs is 1. The molecule has 2 aromatic rings. The number of nitrogens with zero attached hydrogens (tertiary/aromatic N) is 1. The van der Waals surface area contributed by atoms with E-state index in [2.05, 4.69) is 22.0 Å². The Labute approximate surface area is 109 Å². The Hall–Kier alpha value is -1.19. The van der Waals surface area contributed by atoms with Crippen molar-refractivity contribution in [3.63, 3.8) is 0 Å². The van der Waals surface area contributed by atoms with Gasteiger partial charge in [-0.05, 0) is 43.1 Å². The Morgan fingerprint density at radius 3 is 2.47 bits per heavy atom. The molecule has 2 nitrogen and oxygen atoms in total. The molecular formula is C14H14BrNO. The second-order valence-corrected chi connectivity index (χ2v) is 5.28. The highest BCUT2D eigenvalue weighted by Gasteiger charge is 2.07. The Morgan fingerprint density at radius 2 is 1.76 bits per heavy atom. The molecular weight excluding hydrogens is 278 g/mol. The summed E-state index contributed by atoms with van der Waals surface area (Å²) in [4.78, 5) is 13.8. The van der Waals surface area contributed by atoms with Crippen molar-refractivity contribution in [3.8, 4) is 0 Å². The maximum atomic E-state index is 11.9. The summed E-state index contributed by atoms with van der Waals surface area (Å²) in [7, 11) is 3.80. The Morgan fingerprint density at radius 1 is 1.12 bits per heavy atom. The summed E-state index contributed by atoms with van der Waals surface area (Å²) in [6.45, 7) is 0.446. The van der Waals surface area contributed by atoms with Crippen LogP contribution in [0.3, 0.4) is 0 Å². The van der Waals surface area contributed by atoms with Crippen molar-refractivity contribution in [2.75, 3.05) is 20.6 Å². The molecule has 0 heterocycles. The summed E-state index contributed by atoms with van der Waals surface area (Å²) in [5.74, 6) is 0.153. The summed E-state index contributed by atoms with van der Waals surface area (Å²) in [5, 5.41) is 2.23. The highest BCUT2D eigenvalue weighted by atomic mass is 79.9. The summed E-state index contributed by atoms with van der Waals surface area (Å²) in [5.41, 5.74) is 0.772. The summed E-state index contributed by atoms with van der Waals surface area (Å²) in [6, 6.07) is 11.9. The van der Waals surface area contributed by atoms with Crippen molar-refractivity contribution >= 4 is 32.5 Å². The van der Waals surface area contributed by atoms with Crippen molar-refractivity contribution in [2.45, 2.75) is 0 Å². The number of ketones is 1. The van der Waals surface area contributed by atoms with E-state index in [1.54, 1.807) is 0 Å². The Kier molecular flexibility index (Phi) is 3.60.